The minimum atomic E-state index is 0.0170. The van der Waals surface area contributed by atoms with Gasteiger partial charge in [-0.2, -0.15) is 0 Å². The molecule has 1 aromatic heterocycles. The van der Waals surface area contributed by atoms with Crippen LogP contribution in [0.4, 0.5) is 5.82 Å². The van der Waals surface area contributed by atoms with Gasteiger partial charge < -0.3 is 10.2 Å². The topological polar surface area (TPSA) is 58.1 Å². The van der Waals surface area contributed by atoms with Crippen LogP contribution in [-0.4, -0.2) is 40.6 Å². The third-order valence-corrected chi connectivity index (χ3v) is 4.91. The van der Waals surface area contributed by atoms with E-state index in [4.69, 9.17) is 0 Å². The average Bonchev–Trinajstić information content (AvgIpc) is 2.92. The van der Waals surface area contributed by atoms with Gasteiger partial charge in [-0.3, -0.25) is 4.79 Å². The molecule has 1 saturated heterocycles. The first-order chi connectivity index (χ1) is 11.8. The maximum Gasteiger partial charge on any atom is 0.274 e. The molecule has 1 fully saturated rings. The van der Waals surface area contributed by atoms with Crippen molar-refractivity contribution in [1.29, 1.82) is 0 Å². The Labute approximate surface area is 144 Å². The van der Waals surface area contributed by atoms with Crippen LogP contribution in [0.2, 0.25) is 0 Å². The molecular formula is C19H28N4O. The summed E-state index contributed by atoms with van der Waals surface area (Å²) in [4.78, 5) is 14.4. The second kappa shape index (κ2) is 8.81. The van der Waals surface area contributed by atoms with E-state index in [1.165, 1.54) is 38.5 Å². The molecule has 0 spiro atoms. The van der Waals surface area contributed by atoms with Crippen LogP contribution in [0.3, 0.4) is 0 Å². The zero-order valence-electron chi connectivity index (χ0n) is 14.5. The summed E-state index contributed by atoms with van der Waals surface area (Å²) in [6, 6.07) is 3.66. The van der Waals surface area contributed by atoms with Gasteiger partial charge in [-0.1, -0.05) is 24.5 Å². The van der Waals surface area contributed by atoms with E-state index in [1.54, 1.807) is 11.6 Å². The number of nitrogens with one attached hydrogen (secondary N) is 1. The van der Waals surface area contributed by atoms with Gasteiger partial charge in [0.2, 0.25) is 0 Å². The van der Waals surface area contributed by atoms with Crippen molar-refractivity contribution in [2.75, 3.05) is 25.0 Å². The summed E-state index contributed by atoms with van der Waals surface area (Å²) in [5, 5.41) is 11.6. The monoisotopic (exact) mass is 328 g/mol. The number of aromatic nitrogens is 2. The summed E-state index contributed by atoms with van der Waals surface area (Å²) in [6.45, 7) is 2.56. The quantitative estimate of drug-likeness (QED) is 0.835. The van der Waals surface area contributed by atoms with E-state index in [2.05, 4.69) is 21.6 Å². The van der Waals surface area contributed by atoms with Crippen LogP contribution in [0.25, 0.3) is 0 Å². The van der Waals surface area contributed by atoms with Crippen LogP contribution in [0, 0.1) is 0 Å². The van der Waals surface area contributed by atoms with E-state index in [9.17, 15) is 4.79 Å². The van der Waals surface area contributed by atoms with Gasteiger partial charge in [0.15, 0.2) is 5.69 Å². The number of anilines is 1. The highest BCUT2D eigenvalue weighted by molar-refractivity contribution is 5.92. The zero-order chi connectivity index (χ0) is 16.6. The average molecular weight is 328 g/mol. The lowest BCUT2D eigenvalue weighted by Crippen LogP contribution is -2.32. The standard InChI is InChI=1S/C19H28N4O/c24-19(23-14-6-1-2-7-15-23)17-10-11-18(22-21-17)20-13-12-16-8-4-3-5-9-16/h8,10-11H,1-7,9,12-15H2,(H,20,22). The van der Waals surface area contributed by atoms with Crippen molar-refractivity contribution in [2.45, 2.75) is 57.8 Å². The third kappa shape index (κ3) is 4.79. The van der Waals surface area contributed by atoms with Gasteiger partial charge in [-0.05, 0) is 57.1 Å². The molecule has 0 aromatic carbocycles. The largest absolute Gasteiger partial charge is 0.368 e. The van der Waals surface area contributed by atoms with Crippen molar-refractivity contribution in [3.8, 4) is 0 Å². The van der Waals surface area contributed by atoms with E-state index in [-0.39, 0.29) is 5.91 Å². The van der Waals surface area contributed by atoms with Crippen LogP contribution in [-0.2, 0) is 0 Å². The Balaban J connectivity index is 1.49. The minimum absolute atomic E-state index is 0.0170. The van der Waals surface area contributed by atoms with E-state index < -0.39 is 0 Å². The molecule has 2 heterocycles. The Hall–Kier alpha value is -1.91. The first-order valence-corrected chi connectivity index (χ1v) is 9.38. The number of carbonyl (C=O) groups is 1. The van der Waals surface area contributed by atoms with Gasteiger partial charge in [0.05, 0.1) is 0 Å². The van der Waals surface area contributed by atoms with E-state index >= 15 is 0 Å². The zero-order valence-corrected chi connectivity index (χ0v) is 14.5. The summed E-state index contributed by atoms with van der Waals surface area (Å²) in [5.41, 5.74) is 2.01. The number of hydrogen-bond donors (Lipinski definition) is 1. The van der Waals surface area contributed by atoms with Crippen LogP contribution >= 0.6 is 0 Å². The van der Waals surface area contributed by atoms with Gasteiger partial charge in [0, 0.05) is 19.6 Å². The predicted octanol–water partition coefficient (Wildman–Crippen LogP) is 3.80. The molecule has 1 N–H and O–H groups in total. The number of nitrogens with zero attached hydrogens (tertiary/aromatic N) is 3. The molecule has 0 unspecified atom stereocenters. The summed E-state index contributed by atoms with van der Waals surface area (Å²) in [6.07, 6.45) is 13.2. The second-order valence-corrected chi connectivity index (χ2v) is 6.80. The smallest absolute Gasteiger partial charge is 0.274 e. The number of amides is 1. The number of allylic oxidation sites excluding steroid dienone is 1. The Morgan fingerprint density at radius 1 is 1.04 bits per heavy atom. The molecule has 5 heteroatoms. The van der Waals surface area contributed by atoms with Crippen LogP contribution < -0.4 is 5.32 Å². The Bertz CT molecular complexity index is 559. The maximum absolute atomic E-state index is 12.5. The van der Waals surface area contributed by atoms with Crippen LogP contribution in [0.15, 0.2) is 23.8 Å². The summed E-state index contributed by atoms with van der Waals surface area (Å²) < 4.78 is 0. The summed E-state index contributed by atoms with van der Waals surface area (Å²) in [7, 11) is 0. The van der Waals surface area contributed by atoms with Gasteiger partial charge in [-0.15, -0.1) is 10.2 Å². The molecule has 1 aliphatic heterocycles. The fourth-order valence-corrected chi connectivity index (χ4v) is 3.46. The number of hydrogen-bond acceptors (Lipinski definition) is 4. The third-order valence-electron chi connectivity index (χ3n) is 4.91. The van der Waals surface area contributed by atoms with Gasteiger partial charge in [-0.25, -0.2) is 0 Å². The number of likely N-dealkylation sites (tertiary alicyclic amines) is 1. The lowest BCUT2D eigenvalue weighted by Gasteiger charge is -2.19. The summed E-state index contributed by atoms with van der Waals surface area (Å²) >= 11 is 0. The minimum Gasteiger partial charge on any atom is -0.368 e. The highest BCUT2D eigenvalue weighted by Gasteiger charge is 2.18. The van der Waals surface area contributed by atoms with E-state index in [1.807, 2.05) is 11.0 Å². The van der Waals surface area contributed by atoms with Crippen LogP contribution in [0.1, 0.15) is 68.3 Å². The number of carbonyl (C=O) groups excluding carboxylic acids is 1. The number of rotatable bonds is 5. The first kappa shape index (κ1) is 16.9. The van der Waals surface area contributed by atoms with Crippen molar-refractivity contribution in [3.63, 3.8) is 0 Å². The molecule has 2 aliphatic rings. The van der Waals surface area contributed by atoms with Crippen molar-refractivity contribution >= 4 is 11.7 Å². The molecular weight excluding hydrogens is 300 g/mol. The van der Waals surface area contributed by atoms with Crippen molar-refractivity contribution in [1.82, 2.24) is 15.1 Å². The first-order valence-electron chi connectivity index (χ1n) is 9.38. The van der Waals surface area contributed by atoms with Gasteiger partial charge in [0.1, 0.15) is 5.82 Å². The Morgan fingerprint density at radius 2 is 1.88 bits per heavy atom. The molecule has 1 amide bonds. The molecule has 1 aliphatic carbocycles. The second-order valence-electron chi connectivity index (χ2n) is 6.80. The SMILES string of the molecule is O=C(c1ccc(NCCC2=CCCCC2)nn1)N1CCCCCC1. The Morgan fingerprint density at radius 3 is 2.54 bits per heavy atom. The predicted molar refractivity (Wildman–Crippen MR) is 96.1 cm³/mol. The highest BCUT2D eigenvalue weighted by atomic mass is 16.2. The fourth-order valence-electron chi connectivity index (χ4n) is 3.46. The highest BCUT2D eigenvalue weighted by Crippen LogP contribution is 2.20. The van der Waals surface area contributed by atoms with Crippen LogP contribution in [0.5, 0.6) is 0 Å². The van der Waals surface area contributed by atoms with Crippen molar-refractivity contribution < 1.29 is 4.79 Å². The van der Waals surface area contributed by atoms with E-state index in [0.29, 0.717) is 5.69 Å². The fraction of sp³-hybridized carbons (Fsp3) is 0.632. The molecule has 3 rings (SSSR count). The molecule has 130 valence electrons. The van der Waals surface area contributed by atoms with Gasteiger partial charge >= 0.3 is 0 Å². The normalized spacial score (nSPS) is 18.7. The molecule has 0 radical (unpaired) electrons. The molecule has 5 nitrogen and oxygen atoms in total. The maximum atomic E-state index is 12.5. The molecule has 0 atom stereocenters. The molecule has 24 heavy (non-hydrogen) atoms. The van der Waals surface area contributed by atoms with Crippen molar-refractivity contribution in [2.24, 2.45) is 0 Å². The lowest BCUT2D eigenvalue weighted by atomic mass is 9.97. The van der Waals surface area contributed by atoms with Crippen molar-refractivity contribution in [3.05, 3.63) is 29.5 Å². The van der Waals surface area contributed by atoms with Gasteiger partial charge in [0.25, 0.3) is 5.91 Å². The molecule has 0 saturated carbocycles. The summed E-state index contributed by atoms with van der Waals surface area (Å²) in [5.74, 6) is 0.766. The molecule has 0 bridgehead atoms. The molecule has 1 aromatic rings. The lowest BCUT2D eigenvalue weighted by molar-refractivity contribution is 0.0754. The van der Waals surface area contributed by atoms with E-state index in [0.717, 1.165) is 44.7 Å². The Kier molecular flexibility index (Phi) is 6.21.